The Morgan fingerprint density at radius 2 is 1.93 bits per heavy atom. The molecule has 0 heterocycles. The molecule has 78 valence electrons. The summed E-state index contributed by atoms with van der Waals surface area (Å²) < 4.78 is 26.8. The summed E-state index contributed by atoms with van der Waals surface area (Å²) in [7, 11) is 0. The van der Waals surface area contributed by atoms with Crippen molar-refractivity contribution in [3.05, 3.63) is 33.8 Å². The number of unbranched alkanes of at least 4 members (excludes halogenated alkanes) is 1. The molecule has 0 bridgehead atoms. The number of rotatable bonds is 4. The summed E-state index contributed by atoms with van der Waals surface area (Å²) in [5, 5.41) is 0. The minimum absolute atomic E-state index is 0.146. The number of hydrogen-bond acceptors (Lipinski definition) is 1. The lowest BCUT2D eigenvalue weighted by Gasteiger charge is -2.05. The first-order chi connectivity index (χ1) is 6.66. The van der Waals surface area contributed by atoms with E-state index in [2.05, 4.69) is 15.9 Å². The van der Waals surface area contributed by atoms with Crippen LogP contribution in [0.4, 0.5) is 8.78 Å². The van der Waals surface area contributed by atoms with E-state index in [4.69, 9.17) is 5.73 Å². The van der Waals surface area contributed by atoms with Gasteiger partial charge in [-0.1, -0.05) is 0 Å². The molecule has 4 heteroatoms. The van der Waals surface area contributed by atoms with Crippen LogP contribution < -0.4 is 5.73 Å². The largest absolute Gasteiger partial charge is 0.330 e. The van der Waals surface area contributed by atoms with Gasteiger partial charge in [-0.3, -0.25) is 0 Å². The summed E-state index contributed by atoms with van der Waals surface area (Å²) in [5.74, 6) is -0.982. The van der Waals surface area contributed by atoms with Gasteiger partial charge in [0, 0.05) is 5.56 Å². The Morgan fingerprint density at radius 1 is 1.21 bits per heavy atom. The van der Waals surface area contributed by atoms with Crippen molar-refractivity contribution in [1.82, 2.24) is 0 Å². The van der Waals surface area contributed by atoms with E-state index in [1.165, 1.54) is 12.1 Å². The average Bonchev–Trinajstić information content (AvgIpc) is 2.18. The minimum atomic E-state index is -0.498. The SMILES string of the molecule is NCCCCc1c(F)ccc(Br)c1F. The van der Waals surface area contributed by atoms with Crippen LogP contribution in [-0.2, 0) is 6.42 Å². The van der Waals surface area contributed by atoms with Gasteiger partial charge in [0.15, 0.2) is 0 Å². The predicted molar refractivity (Wildman–Crippen MR) is 56.1 cm³/mol. The van der Waals surface area contributed by atoms with Crippen molar-refractivity contribution in [3.8, 4) is 0 Å². The number of halogens is 3. The van der Waals surface area contributed by atoms with Gasteiger partial charge in [0.1, 0.15) is 11.6 Å². The van der Waals surface area contributed by atoms with Crippen molar-refractivity contribution in [2.75, 3.05) is 6.54 Å². The monoisotopic (exact) mass is 263 g/mol. The van der Waals surface area contributed by atoms with Gasteiger partial charge in [-0.25, -0.2) is 8.78 Å². The molecule has 14 heavy (non-hydrogen) atoms. The fourth-order valence-electron chi connectivity index (χ4n) is 1.24. The van der Waals surface area contributed by atoms with Crippen LogP contribution >= 0.6 is 15.9 Å². The standard InChI is InChI=1S/C10H12BrF2N/c11-8-4-5-9(12)7(10(8)13)3-1-2-6-14/h4-5H,1-3,6,14H2. The molecule has 0 radical (unpaired) electrons. The highest BCUT2D eigenvalue weighted by molar-refractivity contribution is 9.10. The molecule has 0 spiro atoms. The maximum absolute atomic E-state index is 13.4. The highest BCUT2D eigenvalue weighted by atomic mass is 79.9. The maximum Gasteiger partial charge on any atom is 0.143 e. The maximum atomic E-state index is 13.4. The van der Waals surface area contributed by atoms with Crippen molar-refractivity contribution in [3.63, 3.8) is 0 Å². The Morgan fingerprint density at radius 3 is 2.57 bits per heavy atom. The van der Waals surface area contributed by atoms with Gasteiger partial charge >= 0.3 is 0 Å². The van der Waals surface area contributed by atoms with E-state index in [1.807, 2.05) is 0 Å². The van der Waals surface area contributed by atoms with E-state index in [9.17, 15) is 8.78 Å². The van der Waals surface area contributed by atoms with Crippen LogP contribution in [0.5, 0.6) is 0 Å². The van der Waals surface area contributed by atoms with Crippen molar-refractivity contribution in [2.45, 2.75) is 19.3 Å². The molecular formula is C10H12BrF2N. The van der Waals surface area contributed by atoms with Crippen LogP contribution in [0.1, 0.15) is 18.4 Å². The molecule has 0 aliphatic heterocycles. The molecule has 1 rings (SSSR count). The zero-order valence-electron chi connectivity index (χ0n) is 7.69. The second-order valence-electron chi connectivity index (χ2n) is 3.07. The Kier molecular flexibility index (Phi) is 4.48. The fraction of sp³-hybridized carbons (Fsp3) is 0.400. The first kappa shape index (κ1) is 11.6. The first-order valence-electron chi connectivity index (χ1n) is 4.49. The van der Waals surface area contributed by atoms with Crippen molar-refractivity contribution in [2.24, 2.45) is 5.73 Å². The predicted octanol–water partition coefficient (Wildman–Crippen LogP) is 3.01. The molecule has 1 nitrogen and oxygen atoms in total. The van der Waals surface area contributed by atoms with Crippen LogP contribution in [0.15, 0.2) is 16.6 Å². The topological polar surface area (TPSA) is 26.0 Å². The molecule has 0 aromatic heterocycles. The zero-order chi connectivity index (χ0) is 10.6. The summed E-state index contributed by atoms with van der Waals surface area (Å²) in [6.07, 6.45) is 1.89. The molecule has 0 aliphatic rings. The lowest BCUT2D eigenvalue weighted by Crippen LogP contribution is -2.01. The van der Waals surface area contributed by atoms with Crippen molar-refractivity contribution >= 4 is 15.9 Å². The Bertz CT molecular complexity index is 315. The van der Waals surface area contributed by atoms with Gasteiger partial charge in [0.2, 0.25) is 0 Å². The fourth-order valence-corrected chi connectivity index (χ4v) is 1.62. The molecule has 0 amide bonds. The molecule has 1 aromatic carbocycles. The lowest BCUT2D eigenvalue weighted by molar-refractivity contribution is 0.543. The second-order valence-corrected chi connectivity index (χ2v) is 3.92. The van der Waals surface area contributed by atoms with E-state index in [1.54, 1.807) is 0 Å². The first-order valence-corrected chi connectivity index (χ1v) is 5.28. The molecule has 1 aromatic rings. The molecule has 0 atom stereocenters. The summed E-state index contributed by atoms with van der Waals surface area (Å²) in [4.78, 5) is 0. The second kappa shape index (κ2) is 5.41. The quantitative estimate of drug-likeness (QED) is 0.656. The third-order valence-corrected chi connectivity index (χ3v) is 2.63. The highest BCUT2D eigenvalue weighted by Crippen LogP contribution is 2.22. The van der Waals surface area contributed by atoms with Crippen LogP contribution in [0.3, 0.4) is 0 Å². The van der Waals surface area contributed by atoms with Gasteiger partial charge in [-0.05, 0) is 53.9 Å². The van der Waals surface area contributed by atoms with Gasteiger partial charge in [0.25, 0.3) is 0 Å². The average molecular weight is 264 g/mol. The van der Waals surface area contributed by atoms with Crippen LogP contribution in [0.2, 0.25) is 0 Å². The van der Waals surface area contributed by atoms with Gasteiger partial charge in [-0.15, -0.1) is 0 Å². The summed E-state index contributed by atoms with van der Waals surface area (Å²) >= 11 is 3.02. The Hall–Kier alpha value is -0.480. The third kappa shape index (κ3) is 2.75. The Balaban J connectivity index is 2.79. The third-order valence-electron chi connectivity index (χ3n) is 2.02. The van der Waals surface area contributed by atoms with Crippen molar-refractivity contribution in [1.29, 1.82) is 0 Å². The number of hydrogen-bond donors (Lipinski definition) is 1. The molecule has 0 unspecified atom stereocenters. The van der Waals surface area contributed by atoms with E-state index >= 15 is 0 Å². The molecular weight excluding hydrogens is 252 g/mol. The molecule has 0 saturated carbocycles. The minimum Gasteiger partial charge on any atom is -0.330 e. The van der Waals surface area contributed by atoms with Gasteiger partial charge < -0.3 is 5.73 Å². The van der Waals surface area contributed by atoms with Crippen molar-refractivity contribution < 1.29 is 8.78 Å². The summed E-state index contributed by atoms with van der Waals surface area (Å²) in [6.45, 7) is 0.553. The molecule has 2 N–H and O–H groups in total. The molecule has 0 fully saturated rings. The van der Waals surface area contributed by atoms with Crippen LogP contribution in [0.25, 0.3) is 0 Å². The summed E-state index contributed by atoms with van der Waals surface area (Å²) in [6, 6.07) is 2.64. The smallest absolute Gasteiger partial charge is 0.143 e. The lowest BCUT2D eigenvalue weighted by atomic mass is 10.1. The number of benzene rings is 1. The van der Waals surface area contributed by atoms with E-state index in [0.29, 0.717) is 23.9 Å². The summed E-state index contributed by atoms with van der Waals surface area (Å²) in [5.41, 5.74) is 5.45. The molecule has 0 aliphatic carbocycles. The van der Waals surface area contributed by atoms with Crippen LogP contribution in [0, 0.1) is 11.6 Å². The highest BCUT2D eigenvalue weighted by Gasteiger charge is 2.11. The molecule has 0 saturated heterocycles. The van der Waals surface area contributed by atoms with E-state index in [0.717, 1.165) is 6.42 Å². The number of nitrogens with two attached hydrogens (primary N) is 1. The van der Waals surface area contributed by atoms with E-state index < -0.39 is 11.6 Å². The normalized spacial score (nSPS) is 10.6. The van der Waals surface area contributed by atoms with E-state index in [-0.39, 0.29) is 5.56 Å². The van der Waals surface area contributed by atoms with Crippen LogP contribution in [-0.4, -0.2) is 6.54 Å². The Labute approximate surface area is 90.4 Å². The van der Waals surface area contributed by atoms with Gasteiger partial charge in [0.05, 0.1) is 4.47 Å². The van der Waals surface area contributed by atoms with Gasteiger partial charge in [-0.2, -0.15) is 0 Å². The zero-order valence-corrected chi connectivity index (χ0v) is 9.28.